The van der Waals surface area contributed by atoms with Crippen LogP contribution < -0.4 is 4.74 Å². The van der Waals surface area contributed by atoms with Gasteiger partial charge in [-0.3, -0.25) is 24.7 Å². The molecule has 0 aliphatic rings. The van der Waals surface area contributed by atoms with E-state index in [1.165, 1.54) is 37.2 Å². The number of pyridine rings is 1. The molecule has 0 atom stereocenters. The molecular formula is C15H15N3O6. The molecule has 0 N–H and O–H groups in total. The molecule has 9 nitrogen and oxygen atoms in total. The zero-order valence-electron chi connectivity index (χ0n) is 13.1. The summed E-state index contributed by atoms with van der Waals surface area (Å²) in [5, 5.41) is 11.3. The van der Waals surface area contributed by atoms with Gasteiger partial charge in [0.25, 0.3) is 5.69 Å². The SMILES string of the molecule is CC(=O)N(C)CC(=O)OCOc1ccc([N+](=O)[O-])c2cccnc12. The number of esters is 1. The highest BCUT2D eigenvalue weighted by Gasteiger charge is 2.16. The number of hydrogen-bond donors (Lipinski definition) is 0. The van der Waals surface area contributed by atoms with Gasteiger partial charge in [0.15, 0.2) is 0 Å². The standard InChI is InChI=1S/C15H15N3O6/c1-10(19)17(2)8-14(20)24-9-23-13-6-5-12(18(21)22)11-4-3-7-16-15(11)13/h3-7H,8-9H2,1-2H3. The van der Waals surface area contributed by atoms with E-state index in [1.54, 1.807) is 12.1 Å². The highest BCUT2D eigenvalue weighted by molar-refractivity contribution is 5.92. The molecular weight excluding hydrogens is 318 g/mol. The van der Waals surface area contributed by atoms with E-state index in [0.717, 1.165) is 0 Å². The largest absolute Gasteiger partial charge is 0.455 e. The summed E-state index contributed by atoms with van der Waals surface area (Å²) in [6.45, 7) is 0.741. The lowest BCUT2D eigenvalue weighted by Crippen LogP contribution is -2.31. The van der Waals surface area contributed by atoms with Gasteiger partial charge in [-0.05, 0) is 18.2 Å². The summed E-state index contributed by atoms with van der Waals surface area (Å²) in [7, 11) is 1.47. The summed E-state index contributed by atoms with van der Waals surface area (Å²) in [5.74, 6) is -0.644. The highest BCUT2D eigenvalue weighted by Crippen LogP contribution is 2.31. The Kier molecular flexibility index (Phi) is 5.25. The Balaban J connectivity index is 2.06. The van der Waals surface area contributed by atoms with Crippen LogP contribution in [0.5, 0.6) is 5.75 Å². The fourth-order valence-corrected chi connectivity index (χ4v) is 1.92. The number of carbonyl (C=O) groups is 2. The number of nitro benzene ring substituents is 1. The topological polar surface area (TPSA) is 112 Å². The monoisotopic (exact) mass is 333 g/mol. The number of nitrogens with zero attached hydrogens (tertiary/aromatic N) is 3. The van der Waals surface area contributed by atoms with Gasteiger partial charge in [-0.2, -0.15) is 0 Å². The second-order valence-electron chi connectivity index (χ2n) is 4.89. The van der Waals surface area contributed by atoms with Gasteiger partial charge in [-0.25, -0.2) is 0 Å². The van der Waals surface area contributed by atoms with Gasteiger partial charge < -0.3 is 14.4 Å². The van der Waals surface area contributed by atoms with E-state index in [1.807, 2.05) is 0 Å². The van der Waals surface area contributed by atoms with E-state index in [9.17, 15) is 19.7 Å². The van der Waals surface area contributed by atoms with Crippen LogP contribution in [0.25, 0.3) is 10.9 Å². The van der Waals surface area contributed by atoms with Crippen molar-refractivity contribution in [2.24, 2.45) is 0 Å². The van der Waals surface area contributed by atoms with Crippen LogP contribution >= 0.6 is 0 Å². The quantitative estimate of drug-likeness (QED) is 0.341. The lowest BCUT2D eigenvalue weighted by atomic mass is 10.1. The van der Waals surface area contributed by atoms with Gasteiger partial charge in [0, 0.05) is 26.2 Å². The Morgan fingerprint density at radius 2 is 2.08 bits per heavy atom. The summed E-state index contributed by atoms with van der Waals surface area (Å²) < 4.78 is 10.2. The summed E-state index contributed by atoms with van der Waals surface area (Å²) in [4.78, 5) is 38.4. The molecule has 0 fully saturated rings. The maximum Gasteiger partial charge on any atom is 0.328 e. The molecule has 0 spiro atoms. The second kappa shape index (κ2) is 7.36. The van der Waals surface area contributed by atoms with E-state index in [0.29, 0.717) is 10.9 Å². The summed E-state index contributed by atoms with van der Waals surface area (Å²) in [6, 6.07) is 5.82. The van der Waals surface area contributed by atoms with Crippen molar-refractivity contribution in [3.63, 3.8) is 0 Å². The molecule has 1 aromatic heterocycles. The fourth-order valence-electron chi connectivity index (χ4n) is 1.92. The molecule has 126 valence electrons. The van der Waals surface area contributed by atoms with Crippen LogP contribution in [0.15, 0.2) is 30.5 Å². The van der Waals surface area contributed by atoms with E-state index in [2.05, 4.69) is 4.98 Å². The molecule has 1 heterocycles. The van der Waals surface area contributed by atoms with Gasteiger partial charge >= 0.3 is 5.97 Å². The van der Waals surface area contributed by atoms with Crippen molar-refractivity contribution in [1.82, 2.24) is 9.88 Å². The van der Waals surface area contributed by atoms with Crippen molar-refractivity contribution in [2.75, 3.05) is 20.4 Å². The number of likely N-dealkylation sites (N-methyl/N-ethyl adjacent to an activating group) is 1. The van der Waals surface area contributed by atoms with E-state index < -0.39 is 17.7 Å². The number of ether oxygens (including phenoxy) is 2. The summed E-state index contributed by atoms with van der Waals surface area (Å²) in [6.07, 6.45) is 1.48. The van der Waals surface area contributed by atoms with Crippen molar-refractivity contribution in [3.05, 3.63) is 40.6 Å². The Bertz CT molecular complexity index is 792. The lowest BCUT2D eigenvalue weighted by Gasteiger charge is -2.14. The number of fused-ring (bicyclic) bond motifs is 1. The number of amides is 1. The summed E-state index contributed by atoms with van der Waals surface area (Å²) >= 11 is 0. The first-order chi connectivity index (χ1) is 11.4. The number of non-ortho nitro benzene ring substituents is 1. The third-order valence-corrected chi connectivity index (χ3v) is 3.24. The molecule has 0 saturated carbocycles. The van der Waals surface area contributed by atoms with Crippen LogP contribution in [0.1, 0.15) is 6.92 Å². The smallest absolute Gasteiger partial charge is 0.328 e. The van der Waals surface area contributed by atoms with Gasteiger partial charge in [0.2, 0.25) is 12.7 Å². The van der Waals surface area contributed by atoms with Crippen molar-refractivity contribution >= 4 is 28.5 Å². The van der Waals surface area contributed by atoms with Crippen LogP contribution in [0, 0.1) is 10.1 Å². The van der Waals surface area contributed by atoms with Crippen molar-refractivity contribution < 1.29 is 24.0 Å². The first-order valence-corrected chi connectivity index (χ1v) is 6.92. The van der Waals surface area contributed by atoms with Gasteiger partial charge in [-0.15, -0.1) is 0 Å². The normalized spacial score (nSPS) is 10.2. The Morgan fingerprint density at radius 1 is 1.33 bits per heavy atom. The third-order valence-electron chi connectivity index (χ3n) is 3.24. The fraction of sp³-hybridized carbons (Fsp3) is 0.267. The van der Waals surface area contributed by atoms with Crippen molar-refractivity contribution in [1.29, 1.82) is 0 Å². The number of benzene rings is 1. The average Bonchev–Trinajstić information content (AvgIpc) is 2.54. The summed E-state index contributed by atoms with van der Waals surface area (Å²) in [5.41, 5.74) is 0.203. The molecule has 0 radical (unpaired) electrons. The zero-order chi connectivity index (χ0) is 17.7. The van der Waals surface area contributed by atoms with Crippen LogP contribution in [-0.2, 0) is 14.3 Å². The highest BCUT2D eigenvalue weighted by atomic mass is 16.7. The zero-order valence-corrected chi connectivity index (χ0v) is 13.1. The van der Waals surface area contributed by atoms with E-state index in [-0.39, 0.29) is 23.9 Å². The molecule has 0 aliphatic heterocycles. The molecule has 2 rings (SSSR count). The molecule has 0 aliphatic carbocycles. The first kappa shape index (κ1) is 17.1. The maximum atomic E-state index is 11.6. The third kappa shape index (κ3) is 3.94. The first-order valence-electron chi connectivity index (χ1n) is 6.92. The Labute approximate surface area is 136 Å². The van der Waals surface area contributed by atoms with Crippen LogP contribution in [0.3, 0.4) is 0 Å². The van der Waals surface area contributed by atoms with Crippen LogP contribution in [0.4, 0.5) is 5.69 Å². The van der Waals surface area contributed by atoms with Gasteiger partial charge in [0.1, 0.15) is 17.8 Å². The van der Waals surface area contributed by atoms with Crippen molar-refractivity contribution in [3.8, 4) is 5.75 Å². The number of rotatable bonds is 6. The number of carbonyl (C=O) groups excluding carboxylic acids is 2. The molecule has 0 bridgehead atoms. The minimum absolute atomic E-state index is 0.0921. The molecule has 2 aromatic rings. The molecule has 9 heteroatoms. The number of nitro groups is 1. The van der Waals surface area contributed by atoms with Crippen LogP contribution in [0.2, 0.25) is 0 Å². The number of aromatic nitrogens is 1. The molecule has 24 heavy (non-hydrogen) atoms. The predicted molar refractivity (Wildman–Crippen MR) is 83.3 cm³/mol. The van der Waals surface area contributed by atoms with E-state index >= 15 is 0 Å². The Morgan fingerprint density at radius 3 is 2.75 bits per heavy atom. The van der Waals surface area contributed by atoms with Crippen molar-refractivity contribution in [2.45, 2.75) is 6.92 Å². The Hall–Kier alpha value is -3.23. The predicted octanol–water partition coefficient (Wildman–Crippen LogP) is 1.50. The van der Waals surface area contributed by atoms with E-state index in [4.69, 9.17) is 9.47 Å². The molecule has 1 amide bonds. The lowest BCUT2D eigenvalue weighted by molar-refractivity contribution is -0.383. The minimum Gasteiger partial charge on any atom is -0.455 e. The minimum atomic E-state index is -0.633. The second-order valence-corrected chi connectivity index (χ2v) is 4.89. The number of hydrogen-bond acceptors (Lipinski definition) is 7. The molecule has 0 saturated heterocycles. The van der Waals surface area contributed by atoms with Gasteiger partial charge in [0.05, 0.1) is 10.3 Å². The van der Waals surface area contributed by atoms with Gasteiger partial charge in [-0.1, -0.05) is 0 Å². The molecule has 1 aromatic carbocycles. The van der Waals surface area contributed by atoms with Crippen LogP contribution in [-0.4, -0.2) is 47.1 Å². The average molecular weight is 333 g/mol. The maximum absolute atomic E-state index is 11.6. The molecule has 0 unspecified atom stereocenters.